The minimum Gasteiger partial charge on any atom is -0.482 e. The van der Waals surface area contributed by atoms with Crippen molar-refractivity contribution in [3.05, 3.63) is 101 Å². The quantitative estimate of drug-likeness (QED) is 0.408. The number of halogens is 1. The molecule has 0 aliphatic heterocycles. The number of rotatable bonds is 7. The van der Waals surface area contributed by atoms with Crippen molar-refractivity contribution in [2.45, 2.75) is 13.0 Å². The van der Waals surface area contributed by atoms with Crippen LogP contribution in [0.2, 0.25) is 5.02 Å². The fourth-order valence-corrected chi connectivity index (χ4v) is 2.79. The van der Waals surface area contributed by atoms with Gasteiger partial charge in [0.25, 0.3) is 0 Å². The zero-order valence-corrected chi connectivity index (χ0v) is 16.1. The summed E-state index contributed by atoms with van der Waals surface area (Å²) in [5.41, 5.74) is 1.92. The molecule has 0 aliphatic carbocycles. The van der Waals surface area contributed by atoms with Crippen molar-refractivity contribution in [3.8, 4) is 5.75 Å². The van der Waals surface area contributed by atoms with Crippen LogP contribution in [0.3, 0.4) is 0 Å². The highest BCUT2D eigenvalue weighted by Crippen LogP contribution is 2.24. The lowest BCUT2D eigenvalue weighted by Crippen LogP contribution is -2.23. The van der Waals surface area contributed by atoms with Gasteiger partial charge in [0.1, 0.15) is 5.75 Å². The summed E-state index contributed by atoms with van der Waals surface area (Å²) in [6.45, 7) is 1.53. The van der Waals surface area contributed by atoms with E-state index >= 15 is 0 Å². The van der Waals surface area contributed by atoms with E-state index in [-0.39, 0.29) is 12.4 Å². The van der Waals surface area contributed by atoms with Gasteiger partial charge in [0.2, 0.25) is 5.78 Å². The first kappa shape index (κ1) is 19.6. The lowest BCUT2D eigenvalue weighted by atomic mass is 10.00. The number of esters is 1. The maximum Gasteiger partial charge on any atom is 0.345 e. The SMILES string of the molecule is Cc1cc(OCC(=O)OC(C(=O)c2ccccc2)c2ccccc2)ccc1Cl. The van der Waals surface area contributed by atoms with E-state index in [2.05, 4.69) is 0 Å². The normalized spacial score (nSPS) is 11.5. The molecule has 3 aromatic rings. The Balaban J connectivity index is 1.72. The molecule has 0 saturated carbocycles. The smallest absolute Gasteiger partial charge is 0.345 e. The van der Waals surface area contributed by atoms with Crippen molar-refractivity contribution in [2.75, 3.05) is 6.61 Å². The molecule has 0 fully saturated rings. The van der Waals surface area contributed by atoms with Gasteiger partial charge in [0, 0.05) is 16.1 Å². The molecule has 1 unspecified atom stereocenters. The number of Topliss-reactive ketones (excluding diaryl/α,β-unsaturated/α-hetero) is 1. The van der Waals surface area contributed by atoms with Crippen molar-refractivity contribution in [3.63, 3.8) is 0 Å². The number of carbonyl (C=O) groups excluding carboxylic acids is 2. The van der Waals surface area contributed by atoms with Crippen LogP contribution in [-0.2, 0) is 9.53 Å². The van der Waals surface area contributed by atoms with Crippen molar-refractivity contribution < 1.29 is 19.1 Å². The predicted molar refractivity (Wildman–Crippen MR) is 108 cm³/mol. The molecule has 4 nitrogen and oxygen atoms in total. The third-order valence-corrected chi connectivity index (χ3v) is 4.56. The maximum atomic E-state index is 12.9. The van der Waals surface area contributed by atoms with E-state index in [1.54, 1.807) is 66.7 Å². The molecule has 5 heteroatoms. The van der Waals surface area contributed by atoms with Gasteiger partial charge in [0.05, 0.1) is 0 Å². The van der Waals surface area contributed by atoms with Gasteiger partial charge < -0.3 is 9.47 Å². The number of hydrogen-bond donors (Lipinski definition) is 0. The van der Waals surface area contributed by atoms with E-state index in [4.69, 9.17) is 21.1 Å². The van der Waals surface area contributed by atoms with Crippen molar-refractivity contribution >= 4 is 23.4 Å². The average Bonchev–Trinajstić information content (AvgIpc) is 2.73. The second-order valence-corrected chi connectivity index (χ2v) is 6.62. The van der Waals surface area contributed by atoms with Crippen molar-refractivity contribution in [1.82, 2.24) is 0 Å². The van der Waals surface area contributed by atoms with E-state index in [0.717, 1.165) is 5.56 Å². The summed E-state index contributed by atoms with van der Waals surface area (Å²) >= 11 is 5.99. The highest BCUT2D eigenvalue weighted by atomic mass is 35.5. The van der Waals surface area contributed by atoms with Crippen LogP contribution in [0.5, 0.6) is 5.75 Å². The Kier molecular flexibility index (Phi) is 6.45. The van der Waals surface area contributed by atoms with Crippen LogP contribution in [-0.4, -0.2) is 18.4 Å². The molecule has 0 amide bonds. The molecule has 142 valence electrons. The molecule has 0 N–H and O–H groups in total. The second kappa shape index (κ2) is 9.20. The number of carbonyl (C=O) groups is 2. The van der Waals surface area contributed by atoms with Crippen LogP contribution in [0.15, 0.2) is 78.9 Å². The molecular weight excluding hydrogens is 376 g/mol. The highest BCUT2D eigenvalue weighted by Gasteiger charge is 2.26. The van der Waals surface area contributed by atoms with Gasteiger partial charge in [-0.1, -0.05) is 72.3 Å². The van der Waals surface area contributed by atoms with E-state index in [9.17, 15) is 9.59 Å². The lowest BCUT2D eigenvalue weighted by molar-refractivity contribution is -0.149. The minimum atomic E-state index is -1.04. The summed E-state index contributed by atoms with van der Waals surface area (Å²) < 4.78 is 11.0. The Morgan fingerprint density at radius 3 is 2.21 bits per heavy atom. The maximum absolute atomic E-state index is 12.9. The molecule has 3 rings (SSSR count). The third kappa shape index (κ3) is 4.99. The predicted octanol–water partition coefficient (Wildman–Crippen LogP) is 5.19. The molecule has 1 atom stereocenters. The summed E-state index contributed by atoms with van der Waals surface area (Å²) in [5.74, 6) is -0.419. The Bertz CT molecular complexity index is 955. The topological polar surface area (TPSA) is 52.6 Å². The fraction of sp³-hybridized carbons (Fsp3) is 0.130. The van der Waals surface area contributed by atoms with Crippen LogP contribution in [0.1, 0.15) is 27.6 Å². The molecule has 0 spiro atoms. The first-order valence-corrected chi connectivity index (χ1v) is 9.15. The highest BCUT2D eigenvalue weighted by molar-refractivity contribution is 6.31. The van der Waals surface area contributed by atoms with Crippen LogP contribution < -0.4 is 4.74 Å². The Morgan fingerprint density at radius 1 is 0.929 bits per heavy atom. The van der Waals surface area contributed by atoms with Gasteiger partial charge in [0.15, 0.2) is 12.7 Å². The van der Waals surface area contributed by atoms with Gasteiger partial charge in [-0.3, -0.25) is 4.79 Å². The molecule has 0 saturated heterocycles. The molecule has 3 aromatic carbocycles. The Hall–Kier alpha value is -3.11. The number of ether oxygens (including phenoxy) is 2. The Labute approximate surface area is 168 Å². The summed E-state index contributed by atoms with van der Waals surface area (Å²) in [6.07, 6.45) is -1.04. The lowest BCUT2D eigenvalue weighted by Gasteiger charge is -2.18. The van der Waals surface area contributed by atoms with Gasteiger partial charge in [-0.2, -0.15) is 0 Å². The Morgan fingerprint density at radius 2 is 1.57 bits per heavy atom. The first-order chi connectivity index (χ1) is 13.5. The number of benzene rings is 3. The summed E-state index contributed by atoms with van der Waals surface area (Å²) in [6, 6.07) is 22.8. The number of ketones is 1. The third-order valence-electron chi connectivity index (χ3n) is 4.13. The van der Waals surface area contributed by atoms with Crippen molar-refractivity contribution in [1.29, 1.82) is 0 Å². The van der Waals surface area contributed by atoms with Crippen LogP contribution in [0.4, 0.5) is 0 Å². The van der Waals surface area contributed by atoms with E-state index in [0.29, 0.717) is 21.9 Å². The molecule has 0 aromatic heterocycles. The standard InChI is InChI=1S/C23H19ClO4/c1-16-14-19(12-13-20(16)24)27-15-21(25)28-23(18-10-6-3-7-11-18)22(26)17-8-4-2-5-9-17/h2-14,23H,15H2,1H3. The largest absolute Gasteiger partial charge is 0.482 e. The first-order valence-electron chi connectivity index (χ1n) is 8.77. The van der Waals surface area contributed by atoms with E-state index < -0.39 is 12.1 Å². The minimum absolute atomic E-state index is 0.289. The summed E-state index contributed by atoms with van der Waals surface area (Å²) in [7, 11) is 0. The fourth-order valence-electron chi connectivity index (χ4n) is 2.67. The van der Waals surface area contributed by atoms with Crippen LogP contribution >= 0.6 is 11.6 Å². The zero-order chi connectivity index (χ0) is 19.9. The van der Waals surface area contributed by atoms with Gasteiger partial charge in [-0.25, -0.2) is 4.79 Å². The van der Waals surface area contributed by atoms with Gasteiger partial charge >= 0.3 is 5.97 Å². The monoisotopic (exact) mass is 394 g/mol. The molecule has 0 bridgehead atoms. The zero-order valence-electron chi connectivity index (χ0n) is 15.3. The van der Waals surface area contributed by atoms with Gasteiger partial charge in [-0.15, -0.1) is 0 Å². The molecule has 28 heavy (non-hydrogen) atoms. The van der Waals surface area contributed by atoms with E-state index in [1.807, 2.05) is 19.1 Å². The molecule has 0 heterocycles. The van der Waals surface area contributed by atoms with Gasteiger partial charge in [-0.05, 0) is 30.7 Å². The van der Waals surface area contributed by atoms with Crippen LogP contribution in [0.25, 0.3) is 0 Å². The average molecular weight is 395 g/mol. The molecular formula is C23H19ClO4. The molecule has 0 radical (unpaired) electrons. The number of hydrogen-bond acceptors (Lipinski definition) is 4. The number of aryl methyl sites for hydroxylation is 1. The van der Waals surface area contributed by atoms with Crippen molar-refractivity contribution in [2.24, 2.45) is 0 Å². The van der Waals surface area contributed by atoms with Crippen LogP contribution in [0, 0.1) is 6.92 Å². The van der Waals surface area contributed by atoms with E-state index in [1.165, 1.54) is 0 Å². The second-order valence-electron chi connectivity index (χ2n) is 6.21. The summed E-state index contributed by atoms with van der Waals surface area (Å²) in [5, 5.41) is 0.618. The summed E-state index contributed by atoms with van der Waals surface area (Å²) in [4.78, 5) is 25.3. The molecule has 0 aliphatic rings.